The number of nitrogens with zero attached hydrogens (tertiary/aromatic N) is 1. The summed E-state index contributed by atoms with van der Waals surface area (Å²) in [6, 6.07) is 5.36. The van der Waals surface area contributed by atoms with Gasteiger partial charge in [0.2, 0.25) is 0 Å². The third kappa shape index (κ3) is 1.92. The van der Waals surface area contributed by atoms with Gasteiger partial charge in [0.15, 0.2) is 18.2 Å². The van der Waals surface area contributed by atoms with E-state index in [1.54, 1.807) is 6.07 Å². The van der Waals surface area contributed by atoms with Crippen LogP contribution in [0.5, 0.6) is 5.75 Å². The van der Waals surface area contributed by atoms with Gasteiger partial charge in [-0.05, 0) is 6.07 Å². The highest BCUT2D eigenvalue weighted by molar-refractivity contribution is 5.24. The Kier molecular flexibility index (Phi) is 2.59. The molecule has 0 unspecified atom stereocenters. The summed E-state index contributed by atoms with van der Waals surface area (Å²) < 4.78 is 29.6. The average Bonchev–Trinajstić information content (AvgIpc) is 2.07. The molecular formula is C8H4F2NO. The molecule has 1 radical (unpaired) electrons. The van der Waals surface area contributed by atoms with E-state index in [2.05, 4.69) is 4.74 Å². The topological polar surface area (TPSA) is 33.0 Å². The Labute approximate surface area is 68.0 Å². The van der Waals surface area contributed by atoms with Crippen LogP contribution in [0.1, 0.15) is 0 Å². The minimum Gasteiger partial charge on any atom is -0.476 e. The van der Waals surface area contributed by atoms with Crippen LogP contribution >= 0.6 is 0 Å². The third-order valence-corrected chi connectivity index (χ3v) is 1.11. The van der Waals surface area contributed by atoms with E-state index in [4.69, 9.17) is 5.26 Å². The second-order valence-corrected chi connectivity index (χ2v) is 1.94. The number of benzene rings is 1. The van der Waals surface area contributed by atoms with E-state index in [1.165, 1.54) is 0 Å². The molecule has 0 N–H and O–H groups in total. The van der Waals surface area contributed by atoms with Crippen LogP contribution in [0.4, 0.5) is 8.78 Å². The van der Waals surface area contributed by atoms with Crippen LogP contribution in [0, 0.1) is 29.0 Å². The van der Waals surface area contributed by atoms with Crippen molar-refractivity contribution in [1.82, 2.24) is 0 Å². The molecule has 0 heterocycles. The van der Waals surface area contributed by atoms with E-state index >= 15 is 0 Å². The maximum Gasteiger partial charge on any atom is 0.174 e. The second-order valence-electron chi connectivity index (χ2n) is 1.94. The van der Waals surface area contributed by atoms with Crippen molar-refractivity contribution in [3.63, 3.8) is 0 Å². The molecule has 0 aromatic heterocycles. The Balaban J connectivity index is 2.84. The summed E-state index contributed by atoms with van der Waals surface area (Å²) in [4.78, 5) is 0. The van der Waals surface area contributed by atoms with E-state index in [0.29, 0.717) is 0 Å². The highest BCUT2D eigenvalue weighted by Crippen LogP contribution is 2.16. The summed E-state index contributed by atoms with van der Waals surface area (Å²) >= 11 is 0. The molecule has 0 saturated heterocycles. The lowest BCUT2D eigenvalue weighted by Crippen LogP contribution is -1.96. The predicted octanol–water partition coefficient (Wildman–Crippen LogP) is 1.67. The fourth-order valence-electron chi connectivity index (χ4n) is 0.649. The zero-order chi connectivity index (χ0) is 8.97. The van der Waals surface area contributed by atoms with Gasteiger partial charge in [0.05, 0.1) is 0 Å². The van der Waals surface area contributed by atoms with Crippen molar-refractivity contribution in [3.05, 3.63) is 29.8 Å². The van der Waals surface area contributed by atoms with Gasteiger partial charge in [-0.25, -0.2) is 8.78 Å². The molecule has 0 amide bonds. The van der Waals surface area contributed by atoms with Crippen LogP contribution in [0.2, 0.25) is 0 Å². The Bertz CT molecular complexity index is 319. The third-order valence-electron chi connectivity index (χ3n) is 1.11. The van der Waals surface area contributed by atoms with E-state index in [1.807, 2.05) is 6.07 Å². The van der Waals surface area contributed by atoms with Crippen LogP contribution in [-0.2, 0) is 0 Å². The van der Waals surface area contributed by atoms with Crippen molar-refractivity contribution in [3.8, 4) is 11.8 Å². The average molecular weight is 168 g/mol. The summed E-state index contributed by atoms with van der Waals surface area (Å²) in [6.07, 6.45) is 0. The molecule has 1 aromatic rings. The standard InChI is InChI=1S/C8H4F2NO/c9-6-1-2-7(10)8(5-6)12-4-3-11/h1,5H,4H2. The Morgan fingerprint density at radius 3 is 3.00 bits per heavy atom. The molecule has 61 valence electrons. The lowest BCUT2D eigenvalue weighted by molar-refractivity contribution is 0.343. The Morgan fingerprint density at radius 2 is 2.33 bits per heavy atom. The van der Waals surface area contributed by atoms with Crippen molar-refractivity contribution in [1.29, 1.82) is 5.26 Å². The molecule has 12 heavy (non-hydrogen) atoms. The number of ether oxygens (including phenoxy) is 1. The molecule has 2 nitrogen and oxygen atoms in total. The Hall–Kier alpha value is -1.63. The number of hydrogen-bond acceptors (Lipinski definition) is 2. The van der Waals surface area contributed by atoms with Gasteiger partial charge in [0, 0.05) is 12.1 Å². The van der Waals surface area contributed by atoms with Gasteiger partial charge in [-0.3, -0.25) is 0 Å². The maximum absolute atomic E-state index is 12.6. The van der Waals surface area contributed by atoms with Crippen molar-refractivity contribution in [2.24, 2.45) is 0 Å². The highest BCUT2D eigenvalue weighted by atomic mass is 19.1. The van der Waals surface area contributed by atoms with Crippen LogP contribution in [0.25, 0.3) is 0 Å². The molecule has 0 aliphatic carbocycles. The van der Waals surface area contributed by atoms with Crippen LogP contribution in [0.3, 0.4) is 0 Å². The molecule has 0 fully saturated rings. The summed E-state index contributed by atoms with van der Waals surface area (Å²) in [5, 5.41) is 8.09. The minimum absolute atomic E-state index is 0.295. The highest BCUT2D eigenvalue weighted by Gasteiger charge is 2.04. The van der Waals surface area contributed by atoms with Gasteiger partial charge < -0.3 is 4.74 Å². The lowest BCUT2D eigenvalue weighted by atomic mass is 10.3. The minimum atomic E-state index is -0.799. The van der Waals surface area contributed by atoms with Crippen LogP contribution in [0.15, 0.2) is 12.1 Å². The van der Waals surface area contributed by atoms with Gasteiger partial charge in [-0.2, -0.15) is 5.26 Å². The summed E-state index contributed by atoms with van der Waals surface area (Å²) in [7, 11) is 0. The van der Waals surface area contributed by atoms with Crippen LogP contribution in [-0.4, -0.2) is 6.61 Å². The fraction of sp³-hybridized carbons (Fsp3) is 0.125. The monoisotopic (exact) mass is 168 g/mol. The molecule has 0 aliphatic heterocycles. The first kappa shape index (κ1) is 8.47. The molecule has 1 rings (SSSR count). The fourth-order valence-corrected chi connectivity index (χ4v) is 0.649. The van der Waals surface area contributed by atoms with E-state index in [-0.39, 0.29) is 12.4 Å². The predicted molar refractivity (Wildman–Crippen MR) is 36.3 cm³/mol. The van der Waals surface area contributed by atoms with Crippen molar-refractivity contribution in [2.45, 2.75) is 0 Å². The van der Waals surface area contributed by atoms with E-state index in [0.717, 1.165) is 12.1 Å². The summed E-state index contributed by atoms with van der Waals surface area (Å²) in [6.45, 7) is -0.311. The molecule has 0 bridgehead atoms. The van der Waals surface area contributed by atoms with Crippen LogP contribution < -0.4 is 4.74 Å². The lowest BCUT2D eigenvalue weighted by Gasteiger charge is -2.01. The zero-order valence-electron chi connectivity index (χ0n) is 5.97. The molecule has 0 spiro atoms. The second kappa shape index (κ2) is 3.67. The van der Waals surface area contributed by atoms with Gasteiger partial charge in [0.1, 0.15) is 11.9 Å². The first-order chi connectivity index (χ1) is 5.74. The Morgan fingerprint density at radius 1 is 1.58 bits per heavy atom. The van der Waals surface area contributed by atoms with E-state index < -0.39 is 11.6 Å². The number of rotatable bonds is 2. The van der Waals surface area contributed by atoms with Gasteiger partial charge >= 0.3 is 0 Å². The van der Waals surface area contributed by atoms with Gasteiger partial charge in [-0.15, -0.1) is 0 Å². The first-order valence-electron chi connectivity index (χ1n) is 3.10. The quantitative estimate of drug-likeness (QED) is 0.672. The maximum atomic E-state index is 12.6. The largest absolute Gasteiger partial charge is 0.476 e. The molecule has 0 saturated carbocycles. The smallest absolute Gasteiger partial charge is 0.174 e. The van der Waals surface area contributed by atoms with Gasteiger partial charge in [0.25, 0.3) is 0 Å². The number of nitriles is 1. The molecular weight excluding hydrogens is 164 g/mol. The molecule has 1 aromatic carbocycles. The summed E-state index contributed by atoms with van der Waals surface area (Å²) in [5.41, 5.74) is 0. The van der Waals surface area contributed by atoms with Gasteiger partial charge in [-0.1, -0.05) is 0 Å². The SMILES string of the molecule is N#CCOc1cc(F)c[c]c1F. The first-order valence-corrected chi connectivity index (χ1v) is 3.10. The van der Waals surface area contributed by atoms with E-state index in [9.17, 15) is 8.78 Å². The summed E-state index contributed by atoms with van der Waals surface area (Å²) in [5.74, 6) is -1.74. The number of hydrogen-bond donors (Lipinski definition) is 0. The normalized spacial score (nSPS) is 9.08. The molecule has 0 aliphatic rings. The molecule has 4 heteroatoms. The van der Waals surface area contributed by atoms with Crippen molar-refractivity contribution >= 4 is 0 Å². The molecule has 0 atom stereocenters. The van der Waals surface area contributed by atoms with Crippen molar-refractivity contribution in [2.75, 3.05) is 6.61 Å². The van der Waals surface area contributed by atoms with Crippen molar-refractivity contribution < 1.29 is 13.5 Å². The number of halogens is 2. The zero-order valence-corrected chi connectivity index (χ0v) is 5.97.